The van der Waals surface area contributed by atoms with Crippen molar-refractivity contribution in [1.82, 2.24) is 20.1 Å². The number of thiazole rings is 1. The van der Waals surface area contributed by atoms with Crippen molar-refractivity contribution in [3.63, 3.8) is 0 Å². The molecule has 0 spiro atoms. The van der Waals surface area contributed by atoms with Crippen LogP contribution in [-0.2, 0) is 7.05 Å². The van der Waals surface area contributed by atoms with E-state index in [1.807, 2.05) is 32.2 Å². The molecule has 1 amide bonds. The summed E-state index contributed by atoms with van der Waals surface area (Å²) >= 11 is 7.91. The molecule has 0 radical (unpaired) electrons. The fourth-order valence-corrected chi connectivity index (χ4v) is 4.70. The molecule has 2 aromatic heterocycles. The van der Waals surface area contributed by atoms with Crippen molar-refractivity contribution in [2.45, 2.75) is 25.8 Å². The predicted molar refractivity (Wildman–Crippen MR) is 112 cm³/mol. The summed E-state index contributed by atoms with van der Waals surface area (Å²) in [5.41, 5.74) is 2.23. The number of rotatable bonds is 4. The fourth-order valence-electron chi connectivity index (χ4n) is 3.39. The van der Waals surface area contributed by atoms with E-state index in [4.69, 9.17) is 21.3 Å². The smallest absolute Gasteiger partial charge is 0.272 e. The Kier molecular flexibility index (Phi) is 5.16. The normalized spacial score (nSPS) is 15.2. The molecule has 1 aliphatic rings. The highest BCUT2D eigenvalue weighted by Gasteiger charge is 2.25. The van der Waals surface area contributed by atoms with Crippen LogP contribution in [0.25, 0.3) is 10.2 Å². The molecular weight excluding hydrogens is 398 g/mol. The standard InChI is InChI=1S/C19H22ClN5O2S/c1-11-10-14(23-24(11)2)18(26)21-12-6-8-25(9-7-12)19-22-16-15(27-3)5-4-13(20)17(16)28-19/h4-5,10,12H,6-9H2,1-3H3,(H,21,26). The number of nitrogens with zero attached hydrogens (tertiary/aromatic N) is 4. The third kappa shape index (κ3) is 3.54. The Bertz CT molecular complexity index is 1000. The SMILES string of the molecule is COc1ccc(Cl)c2sc(N3CCC(NC(=O)c4cc(C)n(C)n4)CC3)nc12. The topological polar surface area (TPSA) is 72.3 Å². The molecule has 0 saturated carbocycles. The second-order valence-electron chi connectivity index (χ2n) is 6.95. The Morgan fingerprint density at radius 3 is 2.75 bits per heavy atom. The molecule has 28 heavy (non-hydrogen) atoms. The van der Waals surface area contributed by atoms with Crippen molar-refractivity contribution in [2.75, 3.05) is 25.1 Å². The van der Waals surface area contributed by atoms with Crippen LogP contribution in [0.15, 0.2) is 18.2 Å². The highest BCUT2D eigenvalue weighted by Crippen LogP contribution is 2.39. The number of hydrogen-bond acceptors (Lipinski definition) is 6. The van der Waals surface area contributed by atoms with E-state index in [0.29, 0.717) is 10.7 Å². The maximum atomic E-state index is 12.4. The van der Waals surface area contributed by atoms with E-state index in [1.165, 1.54) is 0 Å². The van der Waals surface area contributed by atoms with Gasteiger partial charge in [-0.15, -0.1) is 0 Å². The van der Waals surface area contributed by atoms with Crippen LogP contribution in [0, 0.1) is 6.92 Å². The number of piperidine rings is 1. The first-order chi connectivity index (χ1) is 13.5. The molecule has 3 aromatic rings. The molecule has 3 heterocycles. The van der Waals surface area contributed by atoms with Crippen molar-refractivity contribution >= 4 is 44.2 Å². The van der Waals surface area contributed by atoms with Crippen LogP contribution in [0.3, 0.4) is 0 Å². The van der Waals surface area contributed by atoms with Gasteiger partial charge in [0.1, 0.15) is 17.0 Å². The summed E-state index contributed by atoms with van der Waals surface area (Å²) in [6.45, 7) is 3.58. The summed E-state index contributed by atoms with van der Waals surface area (Å²) in [5, 5.41) is 8.97. The van der Waals surface area contributed by atoms with E-state index in [1.54, 1.807) is 23.1 Å². The number of carbonyl (C=O) groups excluding carboxylic acids is 1. The van der Waals surface area contributed by atoms with Gasteiger partial charge in [0.15, 0.2) is 5.13 Å². The third-order valence-electron chi connectivity index (χ3n) is 5.11. The molecule has 1 saturated heterocycles. The van der Waals surface area contributed by atoms with Gasteiger partial charge >= 0.3 is 0 Å². The average molecular weight is 420 g/mol. The number of amides is 1. The number of halogens is 1. The summed E-state index contributed by atoms with van der Waals surface area (Å²) < 4.78 is 8.06. The molecule has 0 bridgehead atoms. The lowest BCUT2D eigenvalue weighted by atomic mass is 10.1. The van der Waals surface area contributed by atoms with Gasteiger partial charge < -0.3 is 15.0 Å². The third-order valence-corrected chi connectivity index (χ3v) is 6.69. The van der Waals surface area contributed by atoms with Crippen LogP contribution >= 0.6 is 22.9 Å². The summed E-state index contributed by atoms with van der Waals surface area (Å²) in [7, 11) is 3.48. The van der Waals surface area contributed by atoms with E-state index in [9.17, 15) is 4.79 Å². The van der Waals surface area contributed by atoms with Gasteiger partial charge in [0.05, 0.1) is 16.8 Å². The Balaban J connectivity index is 1.42. The number of methoxy groups -OCH3 is 1. The average Bonchev–Trinajstić information content (AvgIpc) is 3.28. The van der Waals surface area contributed by atoms with Crippen molar-refractivity contribution in [2.24, 2.45) is 7.05 Å². The van der Waals surface area contributed by atoms with Gasteiger partial charge in [-0.25, -0.2) is 4.98 Å². The number of benzene rings is 1. The molecule has 0 unspecified atom stereocenters. The highest BCUT2D eigenvalue weighted by atomic mass is 35.5. The van der Waals surface area contributed by atoms with Gasteiger partial charge in [-0.3, -0.25) is 9.48 Å². The van der Waals surface area contributed by atoms with E-state index in [2.05, 4.69) is 15.3 Å². The largest absolute Gasteiger partial charge is 0.494 e. The minimum absolute atomic E-state index is 0.112. The van der Waals surface area contributed by atoms with E-state index >= 15 is 0 Å². The van der Waals surface area contributed by atoms with Crippen molar-refractivity contribution in [3.05, 3.63) is 34.6 Å². The molecule has 1 N–H and O–H groups in total. The highest BCUT2D eigenvalue weighted by molar-refractivity contribution is 7.22. The molecule has 148 valence electrons. The Morgan fingerprint density at radius 1 is 1.36 bits per heavy atom. The van der Waals surface area contributed by atoms with Gasteiger partial charge in [-0.2, -0.15) is 5.10 Å². The molecular formula is C19H22ClN5O2S. The van der Waals surface area contributed by atoms with Gasteiger partial charge in [-0.1, -0.05) is 22.9 Å². The van der Waals surface area contributed by atoms with Crippen LogP contribution in [-0.4, -0.2) is 46.9 Å². The number of aryl methyl sites for hydroxylation is 2. The molecule has 4 rings (SSSR count). The summed E-state index contributed by atoms with van der Waals surface area (Å²) in [4.78, 5) is 19.4. The number of ether oxygens (including phenoxy) is 1. The first kappa shape index (κ1) is 19.0. The lowest BCUT2D eigenvalue weighted by molar-refractivity contribution is 0.0925. The van der Waals surface area contributed by atoms with Crippen LogP contribution < -0.4 is 15.0 Å². The zero-order valence-electron chi connectivity index (χ0n) is 16.0. The van der Waals surface area contributed by atoms with Crippen LogP contribution in [0.2, 0.25) is 5.02 Å². The molecule has 0 aliphatic carbocycles. The first-order valence-corrected chi connectivity index (χ1v) is 10.3. The van der Waals surface area contributed by atoms with Gasteiger partial charge in [0, 0.05) is 31.9 Å². The molecule has 7 nitrogen and oxygen atoms in total. The Morgan fingerprint density at radius 2 is 2.11 bits per heavy atom. The number of hydrogen-bond donors (Lipinski definition) is 1. The van der Waals surface area contributed by atoms with Crippen molar-refractivity contribution < 1.29 is 9.53 Å². The molecule has 9 heteroatoms. The van der Waals surface area contributed by atoms with E-state index < -0.39 is 0 Å². The lowest BCUT2D eigenvalue weighted by Crippen LogP contribution is -2.44. The van der Waals surface area contributed by atoms with Crippen LogP contribution in [0.4, 0.5) is 5.13 Å². The number of aromatic nitrogens is 3. The van der Waals surface area contributed by atoms with Crippen LogP contribution in [0.5, 0.6) is 5.75 Å². The molecule has 1 aliphatic heterocycles. The maximum Gasteiger partial charge on any atom is 0.272 e. The van der Waals surface area contributed by atoms with Gasteiger partial charge in [-0.05, 0) is 38.0 Å². The predicted octanol–water partition coefficient (Wildman–Crippen LogP) is 3.40. The minimum atomic E-state index is -0.112. The number of anilines is 1. The second kappa shape index (κ2) is 7.60. The van der Waals surface area contributed by atoms with Crippen LogP contribution in [0.1, 0.15) is 29.0 Å². The van der Waals surface area contributed by atoms with Gasteiger partial charge in [0.25, 0.3) is 5.91 Å². The zero-order valence-corrected chi connectivity index (χ0v) is 17.6. The quantitative estimate of drug-likeness (QED) is 0.701. The summed E-state index contributed by atoms with van der Waals surface area (Å²) in [6.07, 6.45) is 1.72. The number of fused-ring (bicyclic) bond motifs is 1. The van der Waals surface area contributed by atoms with E-state index in [-0.39, 0.29) is 11.9 Å². The Hall–Kier alpha value is -2.32. The summed E-state index contributed by atoms with van der Waals surface area (Å²) in [6, 6.07) is 5.63. The minimum Gasteiger partial charge on any atom is -0.494 e. The van der Waals surface area contributed by atoms with Crippen molar-refractivity contribution in [3.8, 4) is 5.75 Å². The number of carbonyl (C=O) groups is 1. The molecule has 0 atom stereocenters. The fraction of sp³-hybridized carbons (Fsp3) is 0.421. The second-order valence-corrected chi connectivity index (χ2v) is 8.34. The number of nitrogens with one attached hydrogen (secondary N) is 1. The monoisotopic (exact) mass is 419 g/mol. The van der Waals surface area contributed by atoms with Gasteiger partial charge in [0.2, 0.25) is 0 Å². The first-order valence-electron chi connectivity index (χ1n) is 9.15. The summed E-state index contributed by atoms with van der Waals surface area (Å²) in [5.74, 6) is 0.619. The zero-order chi connectivity index (χ0) is 19.8. The maximum absolute atomic E-state index is 12.4. The Labute approximate surface area is 172 Å². The molecule has 1 aromatic carbocycles. The molecule has 1 fully saturated rings. The lowest BCUT2D eigenvalue weighted by Gasteiger charge is -2.31. The van der Waals surface area contributed by atoms with E-state index in [0.717, 1.165) is 52.7 Å². The van der Waals surface area contributed by atoms with Crippen molar-refractivity contribution in [1.29, 1.82) is 0 Å².